The minimum absolute atomic E-state index is 0.203. The first-order valence-electron chi connectivity index (χ1n) is 5.28. The maximum absolute atomic E-state index is 6.01. The molecule has 2 unspecified atom stereocenters. The van der Waals surface area contributed by atoms with E-state index in [-0.39, 0.29) is 6.04 Å². The van der Waals surface area contributed by atoms with Crippen LogP contribution in [-0.4, -0.2) is 6.04 Å². The van der Waals surface area contributed by atoms with E-state index in [9.17, 15) is 0 Å². The van der Waals surface area contributed by atoms with Crippen LogP contribution in [0.1, 0.15) is 30.7 Å². The summed E-state index contributed by atoms with van der Waals surface area (Å²) in [6.45, 7) is 4.13. The Morgan fingerprint density at radius 1 is 1.14 bits per heavy atom. The van der Waals surface area contributed by atoms with Crippen molar-refractivity contribution in [2.24, 2.45) is 5.73 Å². The normalized spacial score (nSPS) is 27.6. The maximum Gasteiger partial charge on any atom is 0.0256 e. The third-order valence-corrected chi connectivity index (χ3v) is 3.13. The summed E-state index contributed by atoms with van der Waals surface area (Å²) in [4.78, 5) is 0. The van der Waals surface area contributed by atoms with E-state index >= 15 is 0 Å². The van der Waals surface area contributed by atoms with Crippen molar-refractivity contribution in [1.82, 2.24) is 0 Å². The lowest BCUT2D eigenvalue weighted by atomic mass is 9.78. The standard InChI is InChI=1S/C13H17N/c1-10-12(8-5-9-13(10)14)11-6-3-2-4-7-11/h2-4,6-7,12-13H,1,5,8-9,14H2. The van der Waals surface area contributed by atoms with Gasteiger partial charge < -0.3 is 5.73 Å². The van der Waals surface area contributed by atoms with Crippen LogP contribution in [0.25, 0.3) is 0 Å². The zero-order valence-electron chi connectivity index (χ0n) is 8.45. The summed E-state index contributed by atoms with van der Waals surface area (Å²) in [6.07, 6.45) is 3.53. The lowest BCUT2D eigenvalue weighted by Gasteiger charge is -2.29. The zero-order chi connectivity index (χ0) is 9.97. The monoisotopic (exact) mass is 187 g/mol. The van der Waals surface area contributed by atoms with Crippen LogP contribution in [0.5, 0.6) is 0 Å². The molecule has 1 nitrogen and oxygen atoms in total. The van der Waals surface area contributed by atoms with Crippen molar-refractivity contribution in [2.75, 3.05) is 0 Å². The summed E-state index contributed by atoms with van der Waals surface area (Å²) in [7, 11) is 0. The molecule has 1 saturated carbocycles. The summed E-state index contributed by atoms with van der Waals surface area (Å²) in [5.41, 5.74) is 8.59. The molecule has 0 amide bonds. The van der Waals surface area contributed by atoms with Crippen molar-refractivity contribution in [3.63, 3.8) is 0 Å². The predicted molar refractivity (Wildman–Crippen MR) is 60.1 cm³/mol. The Bertz CT molecular complexity index is 315. The van der Waals surface area contributed by atoms with Gasteiger partial charge in [-0.1, -0.05) is 48.9 Å². The van der Waals surface area contributed by atoms with Gasteiger partial charge in [0.05, 0.1) is 0 Å². The molecule has 0 spiro atoms. The van der Waals surface area contributed by atoms with E-state index in [4.69, 9.17) is 5.73 Å². The Labute approximate surface area is 85.6 Å². The fourth-order valence-electron chi connectivity index (χ4n) is 2.24. The van der Waals surface area contributed by atoms with Gasteiger partial charge in [0.2, 0.25) is 0 Å². The number of rotatable bonds is 1. The van der Waals surface area contributed by atoms with Gasteiger partial charge in [0.25, 0.3) is 0 Å². The van der Waals surface area contributed by atoms with Crippen LogP contribution in [0.15, 0.2) is 42.5 Å². The molecule has 0 aliphatic heterocycles. The van der Waals surface area contributed by atoms with E-state index in [0.29, 0.717) is 5.92 Å². The van der Waals surface area contributed by atoms with E-state index in [1.165, 1.54) is 24.0 Å². The Hall–Kier alpha value is -1.08. The molecule has 1 aliphatic rings. The second kappa shape index (κ2) is 3.97. The molecule has 0 saturated heterocycles. The number of benzene rings is 1. The predicted octanol–water partition coefficient (Wildman–Crippen LogP) is 2.84. The lowest BCUT2D eigenvalue weighted by molar-refractivity contribution is 0.492. The van der Waals surface area contributed by atoms with E-state index in [2.05, 4.69) is 36.9 Å². The van der Waals surface area contributed by atoms with Crippen molar-refractivity contribution < 1.29 is 0 Å². The van der Waals surface area contributed by atoms with Crippen molar-refractivity contribution in [1.29, 1.82) is 0 Å². The highest BCUT2D eigenvalue weighted by molar-refractivity contribution is 5.31. The van der Waals surface area contributed by atoms with Gasteiger partial charge in [0.15, 0.2) is 0 Å². The second-order valence-electron chi connectivity index (χ2n) is 4.08. The number of hydrogen-bond donors (Lipinski definition) is 1. The van der Waals surface area contributed by atoms with Crippen LogP contribution < -0.4 is 5.73 Å². The smallest absolute Gasteiger partial charge is 0.0256 e. The maximum atomic E-state index is 6.01. The van der Waals surface area contributed by atoms with E-state index in [1.807, 2.05) is 0 Å². The zero-order valence-corrected chi connectivity index (χ0v) is 8.45. The molecule has 1 heteroatoms. The molecule has 2 rings (SSSR count). The highest BCUT2D eigenvalue weighted by Crippen LogP contribution is 2.35. The highest BCUT2D eigenvalue weighted by atomic mass is 14.6. The van der Waals surface area contributed by atoms with Gasteiger partial charge in [-0.05, 0) is 18.4 Å². The van der Waals surface area contributed by atoms with Gasteiger partial charge in [0.1, 0.15) is 0 Å². The molecule has 1 fully saturated rings. The summed E-state index contributed by atoms with van der Waals surface area (Å²) < 4.78 is 0. The molecule has 1 aromatic carbocycles. The summed E-state index contributed by atoms with van der Waals surface area (Å²) in [5.74, 6) is 0.486. The van der Waals surface area contributed by atoms with Crippen LogP contribution in [-0.2, 0) is 0 Å². The van der Waals surface area contributed by atoms with Crippen LogP contribution in [0.4, 0.5) is 0 Å². The molecule has 0 aromatic heterocycles. The van der Waals surface area contributed by atoms with Gasteiger partial charge in [0, 0.05) is 12.0 Å². The topological polar surface area (TPSA) is 26.0 Å². The molecule has 2 atom stereocenters. The number of nitrogens with two attached hydrogens (primary N) is 1. The Balaban J connectivity index is 2.22. The highest BCUT2D eigenvalue weighted by Gasteiger charge is 2.24. The molecule has 1 aliphatic carbocycles. The van der Waals surface area contributed by atoms with Crippen molar-refractivity contribution >= 4 is 0 Å². The SMILES string of the molecule is C=C1C(N)CCCC1c1ccccc1. The molecule has 14 heavy (non-hydrogen) atoms. The van der Waals surface area contributed by atoms with Gasteiger partial charge in [-0.15, -0.1) is 0 Å². The van der Waals surface area contributed by atoms with E-state index in [0.717, 1.165) is 6.42 Å². The van der Waals surface area contributed by atoms with E-state index in [1.54, 1.807) is 0 Å². The van der Waals surface area contributed by atoms with Crippen molar-refractivity contribution in [3.8, 4) is 0 Å². The van der Waals surface area contributed by atoms with Crippen molar-refractivity contribution in [3.05, 3.63) is 48.0 Å². The summed E-state index contributed by atoms with van der Waals surface area (Å²) >= 11 is 0. The largest absolute Gasteiger partial charge is 0.324 e. The fourth-order valence-corrected chi connectivity index (χ4v) is 2.24. The average Bonchev–Trinajstić information content (AvgIpc) is 2.23. The molecule has 2 N–H and O–H groups in total. The van der Waals surface area contributed by atoms with Crippen molar-refractivity contribution in [2.45, 2.75) is 31.2 Å². The Kier molecular flexibility index (Phi) is 2.69. The first-order chi connectivity index (χ1) is 6.79. The third kappa shape index (κ3) is 1.73. The van der Waals surface area contributed by atoms with E-state index < -0.39 is 0 Å². The third-order valence-electron chi connectivity index (χ3n) is 3.13. The van der Waals surface area contributed by atoms with Crippen LogP contribution >= 0.6 is 0 Å². The molecular formula is C13H17N. The summed E-state index contributed by atoms with van der Waals surface area (Å²) in [5, 5.41) is 0. The quantitative estimate of drug-likeness (QED) is 0.672. The molecule has 1 aromatic rings. The second-order valence-corrected chi connectivity index (χ2v) is 4.08. The fraction of sp³-hybridized carbons (Fsp3) is 0.385. The Morgan fingerprint density at radius 3 is 2.57 bits per heavy atom. The van der Waals surface area contributed by atoms with Gasteiger partial charge in [-0.3, -0.25) is 0 Å². The molecule has 0 bridgehead atoms. The van der Waals surface area contributed by atoms with Crippen LogP contribution in [0.3, 0.4) is 0 Å². The minimum Gasteiger partial charge on any atom is -0.324 e. The first kappa shape index (κ1) is 9.47. The average molecular weight is 187 g/mol. The molecule has 0 radical (unpaired) electrons. The van der Waals surface area contributed by atoms with Crippen LogP contribution in [0.2, 0.25) is 0 Å². The minimum atomic E-state index is 0.203. The van der Waals surface area contributed by atoms with Crippen LogP contribution in [0, 0.1) is 0 Å². The molecule has 0 heterocycles. The number of hydrogen-bond acceptors (Lipinski definition) is 1. The Morgan fingerprint density at radius 2 is 1.86 bits per heavy atom. The first-order valence-corrected chi connectivity index (χ1v) is 5.28. The molecular weight excluding hydrogens is 170 g/mol. The summed E-state index contributed by atoms with van der Waals surface area (Å²) in [6, 6.07) is 10.8. The lowest BCUT2D eigenvalue weighted by Crippen LogP contribution is -2.29. The van der Waals surface area contributed by atoms with Gasteiger partial charge in [-0.2, -0.15) is 0 Å². The van der Waals surface area contributed by atoms with Gasteiger partial charge in [-0.25, -0.2) is 0 Å². The molecule has 74 valence electrons. The van der Waals surface area contributed by atoms with Gasteiger partial charge >= 0.3 is 0 Å².